The van der Waals surface area contributed by atoms with Crippen molar-refractivity contribution < 1.29 is 4.74 Å². The molecule has 0 N–H and O–H groups in total. The smallest absolute Gasteiger partial charge is 0.107 e. The standard InChI is InChI=1S/C9H15ClN2O/c1-4-13-6-9-8(10)5-12(11-9)7(2)3/h5,7H,4,6H2,1-3H3. The third kappa shape index (κ3) is 2.71. The summed E-state index contributed by atoms with van der Waals surface area (Å²) in [6.45, 7) is 7.26. The third-order valence-corrected chi connectivity index (χ3v) is 2.05. The molecule has 0 saturated heterocycles. The minimum absolute atomic E-state index is 0.341. The van der Waals surface area contributed by atoms with Gasteiger partial charge in [0.2, 0.25) is 0 Å². The molecule has 1 aromatic heterocycles. The second-order valence-corrected chi connectivity index (χ2v) is 3.54. The van der Waals surface area contributed by atoms with E-state index in [0.717, 1.165) is 5.69 Å². The van der Waals surface area contributed by atoms with Crippen LogP contribution in [0.3, 0.4) is 0 Å². The van der Waals surface area contributed by atoms with E-state index < -0.39 is 0 Å². The number of hydrogen-bond donors (Lipinski definition) is 0. The van der Waals surface area contributed by atoms with Crippen LogP contribution >= 0.6 is 11.6 Å². The van der Waals surface area contributed by atoms with Crippen molar-refractivity contribution in [3.63, 3.8) is 0 Å². The highest BCUT2D eigenvalue weighted by atomic mass is 35.5. The van der Waals surface area contributed by atoms with E-state index in [2.05, 4.69) is 18.9 Å². The second-order valence-electron chi connectivity index (χ2n) is 3.13. The first-order valence-electron chi connectivity index (χ1n) is 4.46. The van der Waals surface area contributed by atoms with E-state index in [9.17, 15) is 0 Å². The van der Waals surface area contributed by atoms with Gasteiger partial charge in [-0.05, 0) is 20.8 Å². The van der Waals surface area contributed by atoms with Gasteiger partial charge in [0, 0.05) is 18.8 Å². The Kier molecular flexibility index (Phi) is 3.75. The zero-order chi connectivity index (χ0) is 9.84. The van der Waals surface area contributed by atoms with Gasteiger partial charge >= 0.3 is 0 Å². The zero-order valence-corrected chi connectivity index (χ0v) is 9.01. The van der Waals surface area contributed by atoms with Crippen LogP contribution in [0.5, 0.6) is 0 Å². The monoisotopic (exact) mass is 202 g/mol. The molecule has 0 fully saturated rings. The maximum atomic E-state index is 5.96. The minimum Gasteiger partial charge on any atom is -0.375 e. The zero-order valence-electron chi connectivity index (χ0n) is 8.25. The highest BCUT2D eigenvalue weighted by Gasteiger charge is 2.08. The van der Waals surface area contributed by atoms with E-state index in [1.54, 1.807) is 0 Å². The fourth-order valence-corrected chi connectivity index (χ4v) is 1.16. The van der Waals surface area contributed by atoms with Crippen LogP contribution in [0, 0.1) is 0 Å². The normalized spacial score (nSPS) is 11.2. The molecule has 0 atom stereocenters. The summed E-state index contributed by atoms with van der Waals surface area (Å²) in [5.41, 5.74) is 0.817. The number of nitrogens with zero attached hydrogens (tertiary/aromatic N) is 2. The average Bonchev–Trinajstić information content (AvgIpc) is 2.44. The molecule has 0 unspecified atom stereocenters. The molecule has 0 bridgehead atoms. The lowest BCUT2D eigenvalue weighted by molar-refractivity contribution is 0.130. The van der Waals surface area contributed by atoms with Gasteiger partial charge in [0.1, 0.15) is 5.69 Å². The van der Waals surface area contributed by atoms with Crippen LogP contribution in [0.1, 0.15) is 32.5 Å². The Labute approximate surface area is 83.6 Å². The Hall–Kier alpha value is -0.540. The SMILES string of the molecule is CCOCc1nn(C(C)C)cc1Cl. The Morgan fingerprint density at radius 2 is 2.31 bits per heavy atom. The van der Waals surface area contributed by atoms with Gasteiger partial charge in [0.05, 0.1) is 11.6 Å². The van der Waals surface area contributed by atoms with Gasteiger partial charge < -0.3 is 4.74 Å². The van der Waals surface area contributed by atoms with Crippen molar-refractivity contribution in [3.05, 3.63) is 16.9 Å². The summed E-state index contributed by atoms with van der Waals surface area (Å²) in [7, 11) is 0. The molecule has 0 radical (unpaired) electrons. The summed E-state index contributed by atoms with van der Waals surface area (Å²) < 4.78 is 7.08. The number of hydrogen-bond acceptors (Lipinski definition) is 2. The molecule has 13 heavy (non-hydrogen) atoms. The van der Waals surface area contributed by atoms with Crippen LogP contribution in [-0.4, -0.2) is 16.4 Å². The number of aromatic nitrogens is 2. The van der Waals surface area contributed by atoms with Gasteiger partial charge in [0.15, 0.2) is 0 Å². The van der Waals surface area contributed by atoms with E-state index in [4.69, 9.17) is 16.3 Å². The molecule has 4 heteroatoms. The van der Waals surface area contributed by atoms with Crippen molar-refractivity contribution in [3.8, 4) is 0 Å². The molecule has 1 heterocycles. The summed E-state index contributed by atoms with van der Waals surface area (Å²) in [5, 5.41) is 4.99. The largest absolute Gasteiger partial charge is 0.375 e. The Morgan fingerprint density at radius 3 is 2.77 bits per heavy atom. The molecule has 0 aromatic carbocycles. The molecule has 0 aliphatic rings. The van der Waals surface area contributed by atoms with Gasteiger partial charge in [-0.3, -0.25) is 4.68 Å². The summed E-state index contributed by atoms with van der Waals surface area (Å²) in [4.78, 5) is 0. The van der Waals surface area contributed by atoms with Gasteiger partial charge in [0.25, 0.3) is 0 Å². The third-order valence-electron chi connectivity index (χ3n) is 1.73. The van der Waals surface area contributed by atoms with Crippen LogP contribution in [-0.2, 0) is 11.3 Å². The van der Waals surface area contributed by atoms with Gasteiger partial charge in [-0.2, -0.15) is 5.10 Å². The summed E-state index contributed by atoms with van der Waals surface area (Å²) in [5.74, 6) is 0. The van der Waals surface area contributed by atoms with E-state index in [1.165, 1.54) is 0 Å². The van der Waals surface area contributed by atoms with Crippen LogP contribution < -0.4 is 0 Å². The molecule has 0 aliphatic heterocycles. The predicted molar refractivity (Wildman–Crippen MR) is 53.0 cm³/mol. The molecular weight excluding hydrogens is 188 g/mol. The van der Waals surface area contributed by atoms with Crippen LogP contribution in [0.15, 0.2) is 6.20 Å². The molecule has 0 spiro atoms. The Balaban J connectivity index is 2.71. The fraction of sp³-hybridized carbons (Fsp3) is 0.667. The molecule has 0 aliphatic carbocycles. The quantitative estimate of drug-likeness (QED) is 0.751. The van der Waals surface area contributed by atoms with Crippen LogP contribution in [0.4, 0.5) is 0 Å². The first-order chi connectivity index (χ1) is 6.15. The lowest BCUT2D eigenvalue weighted by Gasteiger charge is -2.03. The topological polar surface area (TPSA) is 27.1 Å². The minimum atomic E-state index is 0.341. The molecule has 1 rings (SSSR count). The van der Waals surface area contributed by atoms with Gasteiger partial charge in [-0.15, -0.1) is 0 Å². The fourth-order valence-electron chi connectivity index (χ4n) is 0.968. The van der Waals surface area contributed by atoms with Crippen LogP contribution in [0.25, 0.3) is 0 Å². The van der Waals surface area contributed by atoms with Crippen molar-refractivity contribution in [2.75, 3.05) is 6.61 Å². The van der Waals surface area contributed by atoms with E-state index in [0.29, 0.717) is 24.3 Å². The predicted octanol–water partition coefficient (Wildman–Crippen LogP) is 2.65. The molecule has 0 amide bonds. The van der Waals surface area contributed by atoms with Gasteiger partial charge in [-0.25, -0.2) is 0 Å². The van der Waals surface area contributed by atoms with Gasteiger partial charge in [-0.1, -0.05) is 11.6 Å². The lowest BCUT2D eigenvalue weighted by Crippen LogP contribution is -2.02. The molecule has 0 saturated carbocycles. The second kappa shape index (κ2) is 4.63. The molecular formula is C9H15ClN2O. The van der Waals surface area contributed by atoms with Crippen molar-refractivity contribution in [1.29, 1.82) is 0 Å². The summed E-state index contributed by atoms with van der Waals surface area (Å²) >= 11 is 5.96. The maximum Gasteiger partial charge on any atom is 0.107 e. The molecule has 3 nitrogen and oxygen atoms in total. The van der Waals surface area contributed by atoms with Crippen molar-refractivity contribution in [2.45, 2.75) is 33.4 Å². The van der Waals surface area contributed by atoms with Crippen molar-refractivity contribution in [2.24, 2.45) is 0 Å². The Morgan fingerprint density at radius 1 is 1.62 bits per heavy atom. The lowest BCUT2D eigenvalue weighted by atomic mass is 10.4. The van der Waals surface area contributed by atoms with Crippen molar-refractivity contribution in [1.82, 2.24) is 9.78 Å². The summed E-state index contributed by atoms with van der Waals surface area (Å²) in [6.07, 6.45) is 1.83. The van der Waals surface area contributed by atoms with Crippen LogP contribution in [0.2, 0.25) is 5.02 Å². The summed E-state index contributed by atoms with van der Waals surface area (Å²) in [6, 6.07) is 0.341. The van der Waals surface area contributed by atoms with E-state index in [-0.39, 0.29) is 0 Å². The highest BCUT2D eigenvalue weighted by molar-refractivity contribution is 6.31. The van der Waals surface area contributed by atoms with Crippen molar-refractivity contribution >= 4 is 11.6 Å². The molecule has 1 aromatic rings. The number of rotatable bonds is 4. The maximum absolute atomic E-state index is 5.96. The highest BCUT2D eigenvalue weighted by Crippen LogP contribution is 2.17. The average molecular weight is 203 g/mol. The number of halogens is 1. The first-order valence-corrected chi connectivity index (χ1v) is 4.84. The molecule has 74 valence electrons. The first kappa shape index (κ1) is 10.5. The van der Waals surface area contributed by atoms with E-state index in [1.807, 2.05) is 17.8 Å². The Bertz CT molecular complexity index is 271. The number of ether oxygens (including phenoxy) is 1. The van der Waals surface area contributed by atoms with E-state index >= 15 is 0 Å².